The highest BCUT2D eigenvalue weighted by Crippen LogP contribution is 2.44. The molecule has 2 aromatic rings. The van der Waals surface area contributed by atoms with Crippen molar-refractivity contribution in [3.8, 4) is 0 Å². The topological polar surface area (TPSA) is 69.7 Å². The van der Waals surface area contributed by atoms with Crippen molar-refractivity contribution >= 4 is 63.0 Å². The molecule has 2 heterocycles. The van der Waals surface area contributed by atoms with Gasteiger partial charge in [-0.25, -0.2) is 0 Å². The van der Waals surface area contributed by atoms with Gasteiger partial charge in [-0.15, -0.1) is 0 Å². The number of unbranched alkanes of at least 4 members (excludes halogenated alkanes) is 5. The maximum atomic E-state index is 13.5. The molecule has 182 valence electrons. The maximum absolute atomic E-state index is 13.5. The zero-order valence-corrected chi connectivity index (χ0v) is 21.4. The van der Waals surface area contributed by atoms with Gasteiger partial charge in [-0.3, -0.25) is 24.2 Å². The predicted octanol–water partition coefficient (Wildman–Crippen LogP) is 5.60. The minimum Gasteiger partial charge on any atom is -0.325 e. The molecule has 0 spiro atoms. The number of para-hydroxylation sites is 2. The molecule has 1 fully saturated rings. The molecular weight excluding hydrogens is 478 g/mol. The van der Waals surface area contributed by atoms with Crippen LogP contribution in [0.1, 0.15) is 51.0 Å². The van der Waals surface area contributed by atoms with Crippen molar-refractivity contribution in [3.05, 3.63) is 65.1 Å². The molecule has 35 heavy (non-hydrogen) atoms. The van der Waals surface area contributed by atoms with Crippen LogP contribution in [0, 0.1) is 0 Å². The molecule has 4 rings (SSSR count). The van der Waals surface area contributed by atoms with E-state index in [-0.39, 0.29) is 24.3 Å². The van der Waals surface area contributed by atoms with Crippen LogP contribution in [0.15, 0.2) is 59.5 Å². The average molecular weight is 508 g/mol. The number of hydrogen-bond donors (Lipinski definition) is 1. The van der Waals surface area contributed by atoms with Crippen LogP contribution in [0.4, 0.5) is 11.4 Å². The van der Waals surface area contributed by atoms with Crippen molar-refractivity contribution in [2.24, 2.45) is 0 Å². The third-order valence-electron chi connectivity index (χ3n) is 6.09. The Hall–Kier alpha value is -2.97. The Morgan fingerprint density at radius 2 is 1.57 bits per heavy atom. The van der Waals surface area contributed by atoms with Gasteiger partial charge >= 0.3 is 0 Å². The second kappa shape index (κ2) is 11.6. The number of fused-ring (bicyclic) bond motifs is 1. The lowest BCUT2D eigenvalue weighted by atomic mass is 10.1. The molecule has 1 saturated heterocycles. The molecule has 8 heteroatoms. The molecule has 3 amide bonds. The number of amides is 3. The summed E-state index contributed by atoms with van der Waals surface area (Å²) < 4.78 is 0.483. The van der Waals surface area contributed by atoms with E-state index in [1.165, 1.54) is 35.9 Å². The van der Waals surface area contributed by atoms with E-state index in [9.17, 15) is 14.4 Å². The van der Waals surface area contributed by atoms with Gasteiger partial charge in [0.1, 0.15) is 10.9 Å². The molecule has 0 bridgehead atoms. The molecule has 0 aromatic heterocycles. The van der Waals surface area contributed by atoms with Gasteiger partial charge < -0.3 is 5.32 Å². The molecule has 0 atom stereocenters. The summed E-state index contributed by atoms with van der Waals surface area (Å²) in [6.07, 6.45) is 6.72. The smallest absolute Gasteiger partial charge is 0.267 e. The van der Waals surface area contributed by atoms with E-state index in [4.69, 9.17) is 12.2 Å². The minimum atomic E-state index is -0.352. The first-order valence-corrected chi connectivity index (χ1v) is 13.3. The van der Waals surface area contributed by atoms with Crippen molar-refractivity contribution in [1.29, 1.82) is 0 Å². The molecule has 0 aliphatic carbocycles. The van der Waals surface area contributed by atoms with Crippen molar-refractivity contribution < 1.29 is 14.4 Å². The number of rotatable bonds is 10. The van der Waals surface area contributed by atoms with Gasteiger partial charge in [-0.1, -0.05) is 99.4 Å². The Balaban J connectivity index is 1.51. The van der Waals surface area contributed by atoms with E-state index < -0.39 is 0 Å². The standard InChI is InChI=1S/C27H29N3O3S2/c1-2-3-4-5-6-12-17-29-26(33)24(35-27(29)34)23-20-15-10-11-16-21(20)30(25(23)32)18-22(31)28-19-13-8-7-9-14-19/h7-11,13-16H,2-6,12,17-18H2,1H3,(H,28,31). The Morgan fingerprint density at radius 3 is 2.34 bits per heavy atom. The zero-order chi connectivity index (χ0) is 24.8. The summed E-state index contributed by atoms with van der Waals surface area (Å²) in [6, 6.07) is 16.4. The molecule has 6 nitrogen and oxygen atoms in total. The fourth-order valence-corrected chi connectivity index (χ4v) is 5.69. The largest absolute Gasteiger partial charge is 0.325 e. The molecule has 2 aromatic carbocycles. The molecular formula is C27H29N3O3S2. The van der Waals surface area contributed by atoms with E-state index in [1.54, 1.807) is 23.1 Å². The second-order valence-corrected chi connectivity index (χ2v) is 10.3. The number of nitrogens with one attached hydrogen (secondary N) is 1. The Kier molecular flexibility index (Phi) is 8.36. The number of benzene rings is 2. The van der Waals surface area contributed by atoms with Gasteiger partial charge in [0.2, 0.25) is 5.91 Å². The van der Waals surface area contributed by atoms with Crippen LogP contribution in [0.25, 0.3) is 5.57 Å². The zero-order valence-electron chi connectivity index (χ0n) is 19.8. The number of hydrogen-bond acceptors (Lipinski definition) is 5. The number of nitrogens with zero attached hydrogens (tertiary/aromatic N) is 2. The number of thioether (sulfide) groups is 1. The fourth-order valence-electron chi connectivity index (χ4n) is 4.31. The van der Waals surface area contributed by atoms with E-state index in [0.29, 0.717) is 38.3 Å². The molecule has 2 aliphatic heterocycles. The lowest BCUT2D eigenvalue weighted by Gasteiger charge is -2.16. The van der Waals surface area contributed by atoms with Gasteiger partial charge in [0, 0.05) is 17.8 Å². The highest BCUT2D eigenvalue weighted by molar-refractivity contribution is 8.26. The third kappa shape index (κ3) is 5.65. The van der Waals surface area contributed by atoms with Crippen molar-refractivity contribution in [1.82, 2.24) is 4.90 Å². The first-order chi connectivity index (χ1) is 17.0. The first-order valence-electron chi connectivity index (χ1n) is 12.1. The quantitative estimate of drug-likeness (QED) is 0.257. The third-order valence-corrected chi connectivity index (χ3v) is 7.54. The summed E-state index contributed by atoms with van der Waals surface area (Å²) in [4.78, 5) is 42.9. The Morgan fingerprint density at radius 1 is 0.886 bits per heavy atom. The van der Waals surface area contributed by atoms with Crippen molar-refractivity contribution in [2.75, 3.05) is 23.3 Å². The summed E-state index contributed by atoms with van der Waals surface area (Å²) >= 11 is 6.69. The summed E-state index contributed by atoms with van der Waals surface area (Å²) in [5, 5.41) is 2.82. The lowest BCUT2D eigenvalue weighted by molar-refractivity contribution is -0.122. The maximum Gasteiger partial charge on any atom is 0.267 e. The molecule has 0 saturated carbocycles. The van der Waals surface area contributed by atoms with Crippen LogP contribution < -0.4 is 10.2 Å². The minimum absolute atomic E-state index is 0.147. The molecule has 2 aliphatic rings. The Labute approximate surface area is 215 Å². The lowest BCUT2D eigenvalue weighted by Crippen LogP contribution is -2.35. The summed E-state index contributed by atoms with van der Waals surface area (Å²) in [5.74, 6) is -0.881. The summed E-state index contributed by atoms with van der Waals surface area (Å²) in [7, 11) is 0. The van der Waals surface area contributed by atoms with E-state index >= 15 is 0 Å². The number of carbonyl (C=O) groups excluding carboxylic acids is 3. The average Bonchev–Trinajstić information content (AvgIpc) is 3.29. The highest BCUT2D eigenvalue weighted by Gasteiger charge is 2.42. The summed E-state index contributed by atoms with van der Waals surface area (Å²) in [5.41, 5.74) is 2.27. The van der Waals surface area contributed by atoms with Crippen LogP contribution in [0.5, 0.6) is 0 Å². The van der Waals surface area contributed by atoms with Gasteiger partial charge in [-0.05, 0) is 24.6 Å². The van der Waals surface area contributed by atoms with Crippen molar-refractivity contribution in [2.45, 2.75) is 45.4 Å². The predicted molar refractivity (Wildman–Crippen MR) is 146 cm³/mol. The monoisotopic (exact) mass is 507 g/mol. The number of carbonyl (C=O) groups is 3. The van der Waals surface area contributed by atoms with Gasteiger partial charge in [0.25, 0.3) is 11.8 Å². The van der Waals surface area contributed by atoms with E-state index in [2.05, 4.69) is 12.2 Å². The van der Waals surface area contributed by atoms with Crippen LogP contribution in [0.3, 0.4) is 0 Å². The fraction of sp³-hybridized carbons (Fsp3) is 0.333. The SMILES string of the molecule is CCCCCCCCN1C(=O)C(=C2C(=O)N(CC(=O)Nc3ccccc3)c3ccccc32)SC1=S. The van der Waals surface area contributed by atoms with Crippen LogP contribution in [0.2, 0.25) is 0 Å². The number of thiocarbonyl (C=S) groups is 1. The normalized spacial score (nSPS) is 17.3. The van der Waals surface area contributed by atoms with Crippen LogP contribution in [-0.2, 0) is 14.4 Å². The molecule has 1 N–H and O–H groups in total. The highest BCUT2D eigenvalue weighted by atomic mass is 32.2. The summed E-state index contributed by atoms with van der Waals surface area (Å²) in [6.45, 7) is 2.60. The number of anilines is 2. The van der Waals surface area contributed by atoms with E-state index in [0.717, 1.165) is 19.3 Å². The first kappa shape index (κ1) is 25.1. The van der Waals surface area contributed by atoms with Gasteiger partial charge in [0.15, 0.2) is 0 Å². The Bertz CT molecular complexity index is 1160. The van der Waals surface area contributed by atoms with Crippen molar-refractivity contribution in [3.63, 3.8) is 0 Å². The van der Waals surface area contributed by atoms with Gasteiger partial charge in [-0.2, -0.15) is 0 Å². The van der Waals surface area contributed by atoms with E-state index in [1.807, 2.05) is 36.4 Å². The molecule has 0 radical (unpaired) electrons. The van der Waals surface area contributed by atoms with Crippen LogP contribution >= 0.6 is 24.0 Å². The van der Waals surface area contributed by atoms with Crippen LogP contribution in [-0.4, -0.2) is 40.0 Å². The molecule has 0 unspecified atom stereocenters. The van der Waals surface area contributed by atoms with Gasteiger partial charge in [0.05, 0.1) is 16.2 Å². The second-order valence-electron chi connectivity index (χ2n) is 8.62.